The Balaban J connectivity index is 1.48. The number of hydrogen-bond acceptors (Lipinski definition) is 5. The minimum Gasteiger partial charge on any atom is -0.341 e. The van der Waals surface area contributed by atoms with Gasteiger partial charge in [-0.3, -0.25) is 4.79 Å². The Morgan fingerprint density at radius 1 is 0.943 bits per heavy atom. The van der Waals surface area contributed by atoms with Crippen molar-refractivity contribution in [3.63, 3.8) is 0 Å². The van der Waals surface area contributed by atoms with E-state index in [1.165, 1.54) is 0 Å². The van der Waals surface area contributed by atoms with Gasteiger partial charge in [0, 0.05) is 19.1 Å². The van der Waals surface area contributed by atoms with E-state index in [4.69, 9.17) is 10.7 Å². The summed E-state index contributed by atoms with van der Waals surface area (Å²) in [5, 5.41) is 6.79. The zero-order valence-electron chi connectivity index (χ0n) is 19.5. The summed E-state index contributed by atoms with van der Waals surface area (Å²) in [6.45, 7) is 2.57. The topological polar surface area (TPSA) is 82.0 Å². The third-order valence-electron chi connectivity index (χ3n) is 6.86. The number of aromatic nitrogens is 4. The molecule has 176 valence electrons. The van der Waals surface area contributed by atoms with Crippen LogP contribution in [0.3, 0.4) is 0 Å². The Kier molecular flexibility index (Phi) is 5.54. The number of piperidine rings is 1. The molecule has 0 spiro atoms. The van der Waals surface area contributed by atoms with Gasteiger partial charge in [-0.1, -0.05) is 72.8 Å². The van der Waals surface area contributed by atoms with Crippen LogP contribution < -0.4 is 16.2 Å². The molecule has 0 amide bonds. The lowest BCUT2D eigenvalue weighted by Gasteiger charge is -2.32. The molecule has 1 unspecified atom stereocenters. The van der Waals surface area contributed by atoms with E-state index in [0.717, 1.165) is 53.8 Å². The first kappa shape index (κ1) is 21.6. The molecule has 1 saturated heterocycles. The number of rotatable bonds is 5. The van der Waals surface area contributed by atoms with Crippen LogP contribution in [0, 0.1) is 0 Å². The van der Waals surface area contributed by atoms with Crippen molar-refractivity contribution in [2.75, 3.05) is 18.0 Å². The Morgan fingerprint density at radius 3 is 2.60 bits per heavy atom. The molecule has 0 saturated carbocycles. The van der Waals surface area contributed by atoms with Crippen molar-refractivity contribution in [1.29, 1.82) is 0 Å². The fraction of sp³-hybridized carbons (Fsp3) is 0.250. The number of benzene rings is 3. The fourth-order valence-corrected chi connectivity index (χ4v) is 5.13. The van der Waals surface area contributed by atoms with E-state index >= 15 is 0 Å². The van der Waals surface area contributed by atoms with Crippen molar-refractivity contribution in [2.24, 2.45) is 5.73 Å². The third kappa shape index (κ3) is 4.08. The molecular weight excluding hydrogens is 436 g/mol. The summed E-state index contributed by atoms with van der Waals surface area (Å²) >= 11 is 0. The van der Waals surface area contributed by atoms with E-state index in [1.54, 1.807) is 10.9 Å². The summed E-state index contributed by atoms with van der Waals surface area (Å²) in [5.41, 5.74) is 9.54. The highest BCUT2D eigenvalue weighted by Gasteiger charge is 2.24. The number of nitrogens with zero attached hydrogens (tertiary/aromatic N) is 5. The molecule has 2 N–H and O–H groups in total. The molecule has 0 radical (unpaired) electrons. The van der Waals surface area contributed by atoms with Crippen molar-refractivity contribution in [3.8, 4) is 0 Å². The highest BCUT2D eigenvalue weighted by molar-refractivity contribution is 5.85. The maximum absolute atomic E-state index is 13.8. The average Bonchev–Trinajstić information content (AvgIpc) is 3.25. The first-order chi connectivity index (χ1) is 17.2. The maximum Gasteiger partial charge on any atom is 0.293 e. The second kappa shape index (κ2) is 9.00. The molecule has 1 atom stereocenters. The number of imidazole rings is 1. The van der Waals surface area contributed by atoms with Crippen LogP contribution in [0.25, 0.3) is 21.8 Å². The number of anilines is 1. The van der Waals surface area contributed by atoms with Gasteiger partial charge in [0.2, 0.25) is 5.95 Å². The Morgan fingerprint density at radius 2 is 1.74 bits per heavy atom. The summed E-state index contributed by atoms with van der Waals surface area (Å²) in [6, 6.07) is 24.7. The largest absolute Gasteiger partial charge is 0.341 e. The standard InChI is InChI=1S/C28H28N6O/c29-23-13-7-15-32(19-23)28-31-25-16-30-34(18-22-12-6-11-21-10-4-5-14-24(21)22)27(35)26(25)33(28)17-20-8-2-1-3-9-20/h1-6,8-12,14,16,23H,7,13,15,17-19,29H2. The molecule has 1 aliphatic rings. The van der Waals surface area contributed by atoms with E-state index in [0.29, 0.717) is 24.1 Å². The summed E-state index contributed by atoms with van der Waals surface area (Å²) in [5.74, 6) is 0.792. The van der Waals surface area contributed by atoms with Gasteiger partial charge in [-0.05, 0) is 34.7 Å². The molecule has 6 rings (SSSR count). The van der Waals surface area contributed by atoms with Gasteiger partial charge in [0.05, 0.1) is 19.3 Å². The fourth-order valence-electron chi connectivity index (χ4n) is 5.13. The molecule has 0 aliphatic carbocycles. The molecule has 2 aromatic heterocycles. The van der Waals surface area contributed by atoms with Crippen LogP contribution in [0.15, 0.2) is 83.8 Å². The highest BCUT2D eigenvalue weighted by Crippen LogP contribution is 2.25. The minimum absolute atomic E-state index is 0.106. The Labute approximate surface area is 203 Å². The van der Waals surface area contributed by atoms with Crippen LogP contribution in [0.1, 0.15) is 24.0 Å². The van der Waals surface area contributed by atoms with Gasteiger partial charge in [0.25, 0.3) is 5.56 Å². The number of hydrogen-bond donors (Lipinski definition) is 1. The first-order valence-electron chi connectivity index (χ1n) is 12.1. The first-order valence-corrected chi connectivity index (χ1v) is 12.1. The van der Waals surface area contributed by atoms with E-state index in [-0.39, 0.29) is 11.6 Å². The van der Waals surface area contributed by atoms with Crippen molar-refractivity contribution in [3.05, 3.63) is 100 Å². The Bertz CT molecular complexity index is 1550. The van der Waals surface area contributed by atoms with Gasteiger partial charge >= 0.3 is 0 Å². The van der Waals surface area contributed by atoms with Crippen LogP contribution in [-0.2, 0) is 13.1 Å². The Hall–Kier alpha value is -3.97. The molecule has 0 bridgehead atoms. The molecule has 1 aliphatic heterocycles. The van der Waals surface area contributed by atoms with Crippen molar-refractivity contribution in [2.45, 2.75) is 32.0 Å². The lowest BCUT2D eigenvalue weighted by molar-refractivity contribution is 0.495. The van der Waals surface area contributed by atoms with Gasteiger partial charge in [0.1, 0.15) is 11.0 Å². The summed E-state index contributed by atoms with van der Waals surface area (Å²) < 4.78 is 3.60. The summed E-state index contributed by atoms with van der Waals surface area (Å²) in [4.78, 5) is 20.9. The van der Waals surface area contributed by atoms with Gasteiger partial charge in [-0.15, -0.1) is 0 Å². The summed E-state index contributed by atoms with van der Waals surface area (Å²) in [7, 11) is 0. The highest BCUT2D eigenvalue weighted by atomic mass is 16.1. The molecule has 3 aromatic carbocycles. The minimum atomic E-state index is -0.133. The van der Waals surface area contributed by atoms with Crippen molar-refractivity contribution >= 4 is 27.8 Å². The zero-order chi connectivity index (χ0) is 23.8. The van der Waals surface area contributed by atoms with Crippen LogP contribution in [0.4, 0.5) is 5.95 Å². The molecule has 3 heterocycles. The van der Waals surface area contributed by atoms with Gasteiger partial charge in [-0.25, -0.2) is 9.67 Å². The van der Waals surface area contributed by atoms with Crippen LogP contribution in [-0.4, -0.2) is 38.5 Å². The third-order valence-corrected chi connectivity index (χ3v) is 6.86. The number of nitrogens with two attached hydrogens (primary N) is 1. The second-order valence-electron chi connectivity index (χ2n) is 9.31. The van der Waals surface area contributed by atoms with Gasteiger partial charge < -0.3 is 15.2 Å². The maximum atomic E-state index is 13.8. The molecular formula is C28H28N6O. The summed E-state index contributed by atoms with van der Waals surface area (Å²) in [6.07, 6.45) is 3.74. The predicted molar refractivity (Wildman–Crippen MR) is 140 cm³/mol. The van der Waals surface area contributed by atoms with Crippen molar-refractivity contribution < 1.29 is 0 Å². The monoisotopic (exact) mass is 464 g/mol. The van der Waals surface area contributed by atoms with E-state index in [2.05, 4.69) is 46.4 Å². The lowest BCUT2D eigenvalue weighted by atomic mass is 10.0. The van der Waals surface area contributed by atoms with E-state index < -0.39 is 0 Å². The smallest absolute Gasteiger partial charge is 0.293 e. The van der Waals surface area contributed by atoms with Gasteiger partial charge in [0.15, 0.2) is 0 Å². The molecule has 1 fully saturated rings. The lowest BCUT2D eigenvalue weighted by Crippen LogP contribution is -2.44. The van der Waals surface area contributed by atoms with E-state index in [9.17, 15) is 4.79 Å². The molecule has 5 aromatic rings. The number of fused-ring (bicyclic) bond motifs is 2. The van der Waals surface area contributed by atoms with Crippen LogP contribution in [0.5, 0.6) is 0 Å². The second-order valence-corrected chi connectivity index (χ2v) is 9.31. The SMILES string of the molecule is NC1CCCN(c2nc3cnn(Cc4cccc5ccccc45)c(=O)c3n2Cc2ccccc2)C1. The van der Waals surface area contributed by atoms with E-state index in [1.807, 2.05) is 41.0 Å². The molecule has 7 nitrogen and oxygen atoms in total. The van der Waals surface area contributed by atoms with Crippen LogP contribution in [0.2, 0.25) is 0 Å². The average molecular weight is 465 g/mol. The normalized spacial score (nSPS) is 16.3. The van der Waals surface area contributed by atoms with Crippen molar-refractivity contribution in [1.82, 2.24) is 19.3 Å². The van der Waals surface area contributed by atoms with Crippen LogP contribution >= 0.6 is 0 Å². The molecule has 7 heteroatoms. The molecule has 35 heavy (non-hydrogen) atoms. The zero-order valence-corrected chi connectivity index (χ0v) is 19.5. The quantitative estimate of drug-likeness (QED) is 0.428. The predicted octanol–water partition coefficient (Wildman–Crippen LogP) is 3.77. The van der Waals surface area contributed by atoms with Gasteiger partial charge in [-0.2, -0.15) is 5.10 Å².